The number of carboxylic acid groups (broad SMARTS) is 1. The zero-order chi connectivity index (χ0) is 12.7. The Morgan fingerprint density at radius 3 is 1.50 bits per heavy atom. The predicted octanol–water partition coefficient (Wildman–Crippen LogP) is -0.0723. The molecule has 0 radical (unpaired) electrons. The zero-order valence-electron chi connectivity index (χ0n) is 8.82. The van der Waals surface area contributed by atoms with Crippen LogP contribution < -0.4 is 0 Å². The van der Waals surface area contributed by atoms with Crippen molar-refractivity contribution >= 4 is 29.1 Å². The maximum Gasteiger partial charge on any atom is 0.310 e. The highest BCUT2D eigenvalue weighted by atomic mass is 16.4. The van der Waals surface area contributed by atoms with Crippen molar-refractivity contribution in [2.24, 2.45) is 0 Å². The highest BCUT2D eigenvalue weighted by Crippen LogP contribution is 1.99. The molecule has 0 bridgehead atoms. The lowest BCUT2D eigenvalue weighted by molar-refractivity contribution is -0.140. The van der Waals surface area contributed by atoms with E-state index in [-0.39, 0.29) is 12.2 Å². The van der Waals surface area contributed by atoms with E-state index in [1.165, 1.54) is 6.92 Å². The van der Waals surface area contributed by atoms with Crippen molar-refractivity contribution in [3.05, 3.63) is 0 Å². The molecule has 0 aromatic carbocycles. The average Bonchev–Trinajstić information content (AvgIpc) is 1.97. The van der Waals surface area contributed by atoms with Crippen LogP contribution in [0.15, 0.2) is 0 Å². The summed E-state index contributed by atoms with van der Waals surface area (Å²) in [6.07, 6.45) is -2.13. The van der Waals surface area contributed by atoms with E-state index in [1.807, 2.05) is 0 Å². The lowest BCUT2D eigenvalue weighted by atomic mass is 10.0. The van der Waals surface area contributed by atoms with Crippen molar-refractivity contribution in [3.63, 3.8) is 0 Å². The molecule has 0 fully saturated rings. The summed E-state index contributed by atoms with van der Waals surface area (Å²) in [7, 11) is 0. The maximum absolute atomic E-state index is 11.1. The van der Waals surface area contributed by atoms with Crippen LogP contribution in [-0.2, 0) is 24.0 Å². The van der Waals surface area contributed by atoms with Gasteiger partial charge in [-0.05, 0) is 6.92 Å². The van der Waals surface area contributed by atoms with Gasteiger partial charge < -0.3 is 5.11 Å². The van der Waals surface area contributed by atoms with Crippen molar-refractivity contribution in [2.75, 3.05) is 0 Å². The Kier molecular flexibility index (Phi) is 5.84. The minimum Gasteiger partial charge on any atom is -0.481 e. The molecule has 0 atom stereocenters. The summed E-state index contributed by atoms with van der Waals surface area (Å²) in [6, 6.07) is 0. The summed E-state index contributed by atoms with van der Waals surface area (Å²) in [5.41, 5.74) is 0. The van der Waals surface area contributed by atoms with Crippen LogP contribution in [0.4, 0.5) is 0 Å². The summed E-state index contributed by atoms with van der Waals surface area (Å²) in [5, 5.41) is 8.25. The first-order valence-corrected chi connectivity index (χ1v) is 4.57. The number of carbonyl (C=O) groups is 5. The van der Waals surface area contributed by atoms with E-state index in [4.69, 9.17) is 5.11 Å². The summed E-state index contributed by atoms with van der Waals surface area (Å²) in [6.45, 7) is 1.22. The van der Waals surface area contributed by atoms with Crippen molar-refractivity contribution < 1.29 is 29.1 Å². The second-order valence-corrected chi connectivity index (χ2v) is 3.42. The molecule has 16 heavy (non-hydrogen) atoms. The van der Waals surface area contributed by atoms with E-state index < -0.39 is 42.6 Å². The van der Waals surface area contributed by atoms with E-state index in [0.29, 0.717) is 0 Å². The molecule has 6 heteroatoms. The Bertz CT molecular complexity index is 309. The third-order valence-corrected chi connectivity index (χ3v) is 1.58. The van der Waals surface area contributed by atoms with Gasteiger partial charge in [0.25, 0.3) is 0 Å². The number of hydrogen-bond donors (Lipinski definition) is 1. The first kappa shape index (κ1) is 14.2. The highest BCUT2D eigenvalue weighted by Gasteiger charge is 2.16. The minimum absolute atomic E-state index is 0.334. The highest BCUT2D eigenvalue weighted by molar-refractivity contribution is 6.12. The molecule has 88 valence electrons. The Morgan fingerprint density at radius 1 is 0.750 bits per heavy atom. The summed E-state index contributed by atoms with van der Waals surface area (Å²) in [4.78, 5) is 53.6. The summed E-state index contributed by atoms with van der Waals surface area (Å²) >= 11 is 0. The topological polar surface area (TPSA) is 106 Å². The molecule has 0 aliphatic rings. The fourth-order valence-corrected chi connectivity index (χ4v) is 1.07. The molecule has 6 nitrogen and oxygen atoms in total. The van der Waals surface area contributed by atoms with Crippen LogP contribution in [-0.4, -0.2) is 34.2 Å². The van der Waals surface area contributed by atoms with E-state index in [9.17, 15) is 24.0 Å². The Morgan fingerprint density at radius 2 is 1.12 bits per heavy atom. The first-order chi connectivity index (χ1) is 7.31. The predicted molar refractivity (Wildman–Crippen MR) is 51.8 cm³/mol. The molecular formula is C10H12O6. The van der Waals surface area contributed by atoms with E-state index >= 15 is 0 Å². The largest absolute Gasteiger partial charge is 0.481 e. The van der Waals surface area contributed by atoms with Crippen LogP contribution in [0.25, 0.3) is 0 Å². The van der Waals surface area contributed by atoms with E-state index in [0.717, 1.165) is 0 Å². The number of aliphatic carboxylic acids is 1. The summed E-state index contributed by atoms with van der Waals surface area (Å²) in [5.74, 6) is -3.62. The van der Waals surface area contributed by atoms with Crippen molar-refractivity contribution in [1.29, 1.82) is 0 Å². The third-order valence-electron chi connectivity index (χ3n) is 1.58. The number of carboxylic acids is 1. The molecule has 1 N–H and O–H groups in total. The van der Waals surface area contributed by atoms with Crippen LogP contribution in [0.3, 0.4) is 0 Å². The second-order valence-electron chi connectivity index (χ2n) is 3.42. The quantitative estimate of drug-likeness (QED) is 0.583. The van der Waals surface area contributed by atoms with Crippen LogP contribution in [0.5, 0.6) is 0 Å². The molecule has 0 rings (SSSR count). The lowest BCUT2D eigenvalue weighted by Crippen LogP contribution is -2.16. The fraction of sp³-hybridized carbons (Fsp3) is 0.500. The van der Waals surface area contributed by atoms with Crippen LogP contribution >= 0.6 is 0 Å². The molecule has 0 aromatic rings. The van der Waals surface area contributed by atoms with E-state index in [2.05, 4.69) is 0 Å². The third kappa shape index (κ3) is 7.54. The monoisotopic (exact) mass is 228 g/mol. The molecule has 0 saturated heterocycles. The normalized spacial score (nSPS) is 9.56. The van der Waals surface area contributed by atoms with Crippen LogP contribution in [0.2, 0.25) is 0 Å². The van der Waals surface area contributed by atoms with Gasteiger partial charge in [0, 0.05) is 0 Å². The second kappa shape index (κ2) is 6.60. The van der Waals surface area contributed by atoms with Crippen LogP contribution in [0, 0.1) is 0 Å². The Labute approximate surface area is 91.6 Å². The molecule has 0 amide bonds. The van der Waals surface area contributed by atoms with Crippen LogP contribution in [0.1, 0.15) is 32.6 Å². The minimum atomic E-state index is -1.31. The van der Waals surface area contributed by atoms with Gasteiger partial charge in [-0.1, -0.05) is 0 Å². The molecular weight excluding hydrogens is 216 g/mol. The lowest BCUT2D eigenvalue weighted by Gasteiger charge is -1.97. The number of ketones is 4. The molecule has 0 spiro atoms. The average molecular weight is 228 g/mol. The van der Waals surface area contributed by atoms with Crippen molar-refractivity contribution in [2.45, 2.75) is 32.6 Å². The Hall–Kier alpha value is -1.85. The molecule has 0 aliphatic heterocycles. The fourth-order valence-electron chi connectivity index (χ4n) is 1.07. The van der Waals surface area contributed by atoms with Gasteiger partial charge in [-0.25, -0.2) is 0 Å². The number of Topliss-reactive ketones (excluding diaryl/α,β-unsaturated/α-hetero) is 4. The van der Waals surface area contributed by atoms with Gasteiger partial charge in [0.1, 0.15) is 23.8 Å². The van der Waals surface area contributed by atoms with Gasteiger partial charge in [-0.15, -0.1) is 0 Å². The van der Waals surface area contributed by atoms with Gasteiger partial charge >= 0.3 is 5.97 Å². The molecule has 0 aliphatic carbocycles. The molecule has 0 heterocycles. The standard InChI is InChI=1S/C10H12O6/c1-6(11)2-7(12)3-8(13)4-9(14)5-10(15)16/h2-5H2,1H3,(H,15,16). The van der Waals surface area contributed by atoms with Gasteiger partial charge in [0.05, 0.1) is 19.3 Å². The summed E-state index contributed by atoms with van der Waals surface area (Å²) < 4.78 is 0. The van der Waals surface area contributed by atoms with Gasteiger partial charge in [0.2, 0.25) is 0 Å². The number of hydrogen-bond acceptors (Lipinski definition) is 5. The SMILES string of the molecule is CC(=O)CC(=O)CC(=O)CC(=O)CC(=O)O. The molecule has 0 saturated carbocycles. The number of rotatable bonds is 8. The number of carbonyl (C=O) groups excluding carboxylic acids is 4. The van der Waals surface area contributed by atoms with E-state index in [1.54, 1.807) is 0 Å². The van der Waals surface area contributed by atoms with Gasteiger partial charge in [-0.2, -0.15) is 0 Å². The van der Waals surface area contributed by atoms with Gasteiger partial charge in [0.15, 0.2) is 5.78 Å². The Balaban J connectivity index is 3.99. The first-order valence-electron chi connectivity index (χ1n) is 4.57. The zero-order valence-corrected chi connectivity index (χ0v) is 8.82. The van der Waals surface area contributed by atoms with Crippen molar-refractivity contribution in [3.8, 4) is 0 Å². The van der Waals surface area contributed by atoms with Crippen molar-refractivity contribution in [1.82, 2.24) is 0 Å². The maximum atomic E-state index is 11.1. The molecule has 0 unspecified atom stereocenters. The smallest absolute Gasteiger partial charge is 0.310 e. The molecule has 0 aromatic heterocycles. The van der Waals surface area contributed by atoms with Gasteiger partial charge in [-0.3, -0.25) is 24.0 Å².